The smallest absolute Gasteiger partial charge is 0.333 e. The van der Waals surface area contributed by atoms with Crippen molar-refractivity contribution in [2.75, 3.05) is 13.7 Å². The maximum absolute atomic E-state index is 11.1. The first-order valence-electron chi connectivity index (χ1n) is 5.16. The lowest BCUT2D eigenvalue weighted by molar-refractivity contribution is -0.136. The molecule has 0 bridgehead atoms. The third-order valence-electron chi connectivity index (χ3n) is 2.20. The van der Waals surface area contributed by atoms with Gasteiger partial charge in [-0.25, -0.2) is 4.79 Å². The van der Waals surface area contributed by atoms with Crippen LogP contribution in [-0.4, -0.2) is 19.7 Å². The fourth-order valence-electron chi connectivity index (χ4n) is 1.22. The summed E-state index contributed by atoms with van der Waals surface area (Å²) in [6, 6.07) is 7.20. The average Bonchev–Trinajstić information content (AvgIpc) is 2.39. The Morgan fingerprint density at radius 3 is 2.89 bits per heavy atom. The van der Waals surface area contributed by atoms with Crippen LogP contribution in [0.15, 0.2) is 34.3 Å². The zero-order valence-electron chi connectivity index (χ0n) is 10.1. The van der Waals surface area contributed by atoms with E-state index >= 15 is 0 Å². The van der Waals surface area contributed by atoms with E-state index in [9.17, 15) is 4.79 Å². The van der Waals surface area contributed by atoms with Crippen LogP contribution in [0.3, 0.4) is 0 Å². The van der Waals surface area contributed by atoms with Gasteiger partial charge in [-0.05, 0) is 31.2 Å². The molecule has 0 heterocycles. The van der Waals surface area contributed by atoms with Crippen molar-refractivity contribution in [3.05, 3.63) is 39.9 Å². The highest BCUT2D eigenvalue weighted by atomic mass is 79.9. The molecule has 1 aromatic rings. The number of nitriles is 1. The minimum atomic E-state index is -0.394. The first-order valence-corrected chi connectivity index (χ1v) is 5.95. The topological polar surface area (TPSA) is 59.3 Å². The van der Waals surface area contributed by atoms with Crippen LogP contribution < -0.4 is 4.74 Å². The Kier molecular flexibility index (Phi) is 5.40. The number of halogens is 1. The zero-order chi connectivity index (χ0) is 13.5. The molecule has 0 N–H and O–H groups in total. The first kappa shape index (κ1) is 14.3. The molecule has 0 atom stereocenters. The quantitative estimate of drug-likeness (QED) is 0.634. The molecule has 0 saturated carbocycles. The molecule has 5 heteroatoms. The second-order valence-corrected chi connectivity index (χ2v) is 4.36. The molecule has 1 rings (SSSR count). The molecule has 0 aliphatic carbocycles. The van der Waals surface area contributed by atoms with Gasteiger partial charge in [0.05, 0.1) is 12.7 Å². The molecule has 0 fully saturated rings. The van der Waals surface area contributed by atoms with E-state index in [2.05, 4.69) is 20.7 Å². The van der Waals surface area contributed by atoms with Crippen molar-refractivity contribution in [2.24, 2.45) is 0 Å². The number of rotatable bonds is 4. The minimum absolute atomic E-state index is 0.206. The number of methoxy groups -OCH3 is 1. The van der Waals surface area contributed by atoms with E-state index in [1.54, 1.807) is 31.2 Å². The summed E-state index contributed by atoms with van der Waals surface area (Å²) in [4.78, 5) is 11.1. The van der Waals surface area contributed by atoms with Crippen molar-refractivity contribution in [3.63, 3.8) is 0 Å². The summed E-state index contributed by atoms with van der Waals surface area (Å²) in [6.07, 6.45) is 1.61. The summed E-state index contributed by atoms with van der Waals surface area (Å²) >= 11 is 3.28. The van der Waals surface area contributed by atoms with Crippen molar-refractivity contribution in [1.82, 2.24) is 0 Å². The summed E-state index contributed by atoms with van der Waals surface area (Å²) in [5.41, 5.74) is 0.904. The first-order chi connectivity index (χ1) is 8.58. The van der Waals surface area contributed by atoms with Gasteiger partial charge < -0.3 is 9.47 Å². The molecule has 0 spiro atoms. The molecular formula is C13H12BrNO3. The van der Waals surface area contributed by atoms with Crippen molar-refractivity contribution in [2.45, 2.75) is 6.92 Å². The van der Waals surface area contributed by atoms with Gasteiger partial charge in [0.15, 0.2) is 0 Å². The standard InChI is InChI=1S/C13H12BrNO3/c1-9(13(16)17-2)5-6-18-12-4-3-11(14)7-10(12)8-15/h3-5,7H,6H2,1-2H3/b9-5+. The fraction of sp³-hybridized carbons (Fsp3) is 0.231. The minimum Gasteiger partial charge on any atom is -0.488 e. The van der Waals surface area contributed by atoms with E-state index in [1.165, 1.54) is 7.11 Å². The molecule has 4 nitrogen and oxygen atoms in total. The fourth-order valence-corrected chi connectivity index (χ4v) is 1.58. The maximum Gasteiger partial charge on any atom is 0.333 e. The Balaban J connectivity index is 2.70. The predicted molar refractivity (Wildman–Crippen MR) is 70.1 cm³/mol. The van der Waals surface area contributed by atoms with Crippen LogP contribution >= 0.6 is 15.9 Å². The number of hydrogen-bond donors (Lipinski definition) is 0. The maximum atomic E-state index is 11.1. The number of ether oxygens (including phenoxy) is 2. The monoisotopic (exact) mass is 309 g/mol. The molecule has 0 amide bonds. The molecule has 0 unspecified atom stereocenters. The molecule has 18 heavy (non-hydrogen) atoms. The summed E-state index contributed by atoms with van der Waals surface area (Å²) in [6.45, 7) is 1.85. The Labute approximate surface area is 114 Å². The van der Waals surface area contributed by atoms with Gasteiger partial charge >= 0.3 is 5.97 Å². The van der Waals surface area contributed by atoms with Crippen LogP contribution in [0, 0.1) is 11.3 Å². The summed E-state index contributed by atoms with van der Waals surface area (Å²) < 4.78 is 10.8. The third kappa shape index (κ3) is 3.90. The summed E-state index contributed by atoms with van der Waals surface area (Å²) in [5, 5.41) is 8.94. The van der Waals surface area contributed by atoms with Gasteiger partial charge in [0.1, 0.15) is 18.4 Å². The van der Waals surface area contributed by atoms with Crippen LogP contribution in [-0.2, 0) is 9.53 Å². The molecule has 0 aromatic heterocycles. The number of carbonyl (C=O) groups excluding carboxylic acids is 1. The Bertz CT molecular complexity index is 517. The van der Waals surface area contributed by atoms with Crippen molar-refractivity contribution in [3.8, 4) is 11.8 Å². The summed E-state index contributed by atoms with van der Waals surface area (Å²) in [5.74, 6) is 0.0875. The number of nitrogens with zero attached hydrogens (tertiary/aromatic N) is 1. The lowest BCUT2D eigenvalue weighted by Crippen LogP contribution is -2.04. The van der Waals surface area contributed by atoms with Gasteiger partial charge in [0.25, 0.3) is 0 Å². The second kappa shape index (κ2) is 6.82. The van der Waals surface area contributed by atoms with Gasteiger partial charge in [-0.3, -0.25) is 0 Å². The van der Waals surface area contributed by atoms with E-state index in [0.29, 0.717) is 16.9 Å². The molecule has 0 aliphatic heterocycles. The Morgan fingerprint density at radius 2 is 2.28 bits per heavy atom. The number of hydrogen-bond acceptors (Lipinski definition) is 4. The SMILES string of the molecule is COC(=O)/C(C)=C/COc1ccc(Br)cc1C#N. The molecule has 0 aliphatic rings. The predicted octanol–water partition coefficient (Wildman–Crippen LogP) is 2.82. The van der Waals surface area contributed by atoms with E-state index in [1.807, 2.05) is 6.07 Å². The van der Waals surface area contributed by atoms with Crippen molar-refractivity contribution < 1.29 is 14.3 Å². The van der Waals surface area contributed by atoms with Gasteiger partial charge in [-0.2, -0.15) is 5.26 Å². The second-order valence-electron chi connectivity index (χ2n) is 3.44. The molecule has 0 saturated heterocycles. The van der Waals surface area contributed by atoms with Crippen molar-refractivity contribution >= 4 is 21.9 Å². The summed E-state index contributed by atoms with van der Waals surface area (Å²) in [7, 11) is 1.32. The van der Waals surface area contributed by atoms with Crippen LogP contribution in [0.4, 0.5) is 0 Å². The van der Waals surface area contributed by atoms with Gasteiger partial charge in [-0.1, -0.05) is 15.9 Å². The van der Waals surface area contributed by atoms with Crippen LogP contribution in [0.1, 0.15) is 12.5 Å². The normalized spacial score (nSPS) is 10.7. The average molecular weight is 310 g/mol. The zero-order valence-corrected chi connectivity index (χ0v) is 11.7. The van der Waals surface area contributed by atoms with Crippen LogP contribution in [0.25, 0.3) is 0 Å². The lowest BCUT2D eigenvalue weighted by Gasteiger charge is -2.06. The molecule has 1 aromatic carbocycles. The van der Waals surface area contributed by atoms with Crippen LogP contribution in [0.2, 0.25) is 0 Å². The van der Waals surface area contributed by atoms with Crippen molar-refractivity contribution in [1.29, 1.82) is 5.26 Å². The van der Waals surface area contributed by atoms with E-state index in [-0.39, 0.29) is 6.61 Å². The van der Waals surface area contributed by atoms with Gasteiger partial charge in [0, 0.05) is 10.0 Å². The number of esters is 1. The number of carbonyl (C=O) groups is 1. The highest BCUT2D eigenvalue weighted by molar-refractivity contribution is 9.10. The number of benzene rings is 1. The Morgan fingerprint density at radius 1 is 1.56 bits per heavy atom. The van der Waals surface area contributed by atoms with E-state index in [4.69, 9.17) is 10.00 Å². The Hall–Kier alpha value is -1.80. The van der Waals surface area contributed by atoms with Gasteiger partial charge in [-0.15, -0.1) is 0 Å². The largest absolute Gasteiger partial charge is 0.488 e. The molecule has 0 radical (unpaired) electrons. The lowest BCUT2D eigenvalue weighted by atomic mass is 10.2. The molecular weight excluding hydrogens is 298 g/mol. The highest BCUT2D eigenvalue weighted by Gasteiger charge is 2.05. The van der Waals surface area contributed by atoms with Crippen LogP contribution in [0.5, 0.6) is 5.75 Å². The van der Waals surface area contributed by atoms with E-state index in [0.717, 1.165) is 4.47 Å². The van der Waals surface area contributed by atoms with E-state index < -0.39 is 5.97 Å². The molecule has 94 valence electrons. The highest BCUT2D eigenvalue weighted by Crippen LogP contribution is 2.22. The van der Waals surface area contributed by atoms with Gasteiger partial charge in [0.2, 0.25) is 0 Å². The third-order valence-corrected chi connectivity index (χ3v) is 2.69.